The van der Waals surface area contributed by atoms with Crippen molar-refractivity contribution in [2.45, 2.75) is 13.8 Å². The molecule has 0 saturated carbocycles. The maximum atomic E-state index is 11.1. The molecule has 0 aliphatic rings. The predicted octanol–water partition coefficient (Wildman–Crippen LogP) is 2.66. The predicted molar refractivity (Wildman–Crippen MR) is 58.4 cm³/mol. The van der Waals surface area contributed by atoms with Crippen LogP contribution in [0.3, 0.4) is 0 Å². The highest BCUT2D eigenvalue weighted by molar-refractivity contribution is 5.96. The zero-order valence-corrected chi connectivity index (χ0v) is 9.02. The third-order valence-corrected chi connectivity index (χ3v) is 2.46. The maximum absolute atomic E-state index is 11.1. The van der Waals surface area contributed by atoms with Crippen molar-refractivity contribution in [2.24, 2.45) is 0 Å². The quantitative estimate of drug-likeness (QED) is 0.839. The van der Waals surface area contributed by atoms with Gasteiger partial charge in [0.05, 0.1) is 11.3 Å². The van der Waals surface area contributed by atoms with Gasteiger partial charge in [-0.1, -0.05) is 23.4 Å². The van der Waals surface area contributed by atoms with Crippen molar-refractivity contribution in [1.82, 2.24) is 5.16 Å². The van der Waals surface area contributed by atoms with Crippen molar-refractivity contribution >= 4 is 5.97 Å². The molecule has 0 radical (unpaired) electrons. The number of nitrogens with zero attached hydrogens (tertiary/aromatic N) is 1. The lowest BCUT2D eigenvalue weighted by molar-refractivity contribution is 0.0698. The summed E-state index contributed by atoms with van der Waals surface area (Å²) < 4.78 is 5.04. The molecule has 0 saturated heterocycles. The number of carboxylic acids is 1. The van der Waals surface area contributed by atoms with E-state index in [1.807, 2.05) is 0 Å². The van der Waals surface area contributed by atoms with Crippen LogP contribution in [0.15, 0.2) is 28.8 Å². The van der Waals surface area contributed by atoms with E-state index in [2.05, 4.69) is 5.16 Å². The Bertz CT molecular complexity index is 523. The molecule has 2 rings (SSSR count). The molecule has 1 aromatic heterocycles. The third kappa shape index (κ3) is 1.58. The summed E-state index contributed by atoms with van der Waals surface area (Å²) in [5.41, 5.74) is 2.37. The lowest BCUT2D eigenvalue weighted by atomic mass is 9.98. The minimum atomic E-state index is -0.949. The summed E-state index contributed by atoms with van der Waals surface area (Å²) in [6.07, 6.45) is 0. The second kappa shape index (κ2) is 3.81. The zero-order valence-electron chi connectivity index (χ0n) is 9.02. The summed E-state index contributed by atoms with van der Waals surface area (Å²) in [5, 5.41) is 12.9. The van der Waals surface area contributed by atoms with Gasteiger partial charge in [-0.2, -0.15) is 0 Å². The van der Waals surface area contributed by atoms with Gasteiger partial charge in [-0.25, -0.2) is 4.79 Å². The first-order valence-corrected chi connectivity index (χ1v) is 4.87. The van der Waals surface area contributed by atoms with Crippen LogP contribution in [0.5, 0.6) is 0 Å². The Hall–Kier alpha value is -2.10. The van der Waals surface area contributed by atoms with E-state index < -0.39 is 5.97 Å². The number of aromatic carboxylic acids is 1. The molecule has 0 fully saturated rings. The third-order valence-electron chi connectivity index (χ3n) is 2.46. The van der Waals surface area contributed by atoms with Gasteiger partial charge in [0.25, 0.3) is 0 Å². The highest BCUT2D eigenvalue weighted by Gasteiger charge is 2.17. The van der Waals surface area contributed by atoms with E-state index in [4.69, 9.17) is 9.63 Å². The molecular weight excluding hydrogens is 206 g/mol. The summed E-state index contributed by atoms with van der Waals surface area (Å²) >= 11 is 0. The van der Waals surface area contributed by atoms with Gasteiger partial charge in [0.15, 0.2) is 0 Å². The number of aryl methyl sites for hydroxylation is 2. The molecule has 1 N–H and O–H groups in total. The van der Waals surface area contributed by atoms with E-state index in [9.17, 15) is 4.79 Å². The van der Waals surface area contributed by atoms with Crippen LogP contribution in [0.4, 0.5) is 0 Å². The summed E-state index contributed by atoms with van der Waals surface area (Å²) in [4.78, 5) is 11.1. The number of hydrogen-bond acceptors (Lipinski definition) is 3. The molecule has 4 heteroatoms. The molecule has 0 aliphatic carbocycles. The largest absolute Gasteiger partial charge is 0.478 e. The van der Waals surface area contributed by atoms with Crippen LogP contribution in [0.2, 0.25) is 0 Å². The van der Waals surface area contributed by atoms with Crippen molar-refractivity contribution in [1.29, 1.82) is 0 Å². The Kier molecular flexibility index (Phi) is 2.48. The molecule has 16 heavy (non-hydrogen) atoms. The normalized spacial score (nSPS) is 10.4. The van der Waals surface area contributed by atoms with Crippen LogP contribution >= 0.6 is 0 Å². The summed E-state index contributed by atoms with van der Waals surface area (Å²) in [5.74, 6) is -0.318. The molecule has 0 unspecified atom stereocenters. The van der Waals surface area contributed by atoms with Crippen molar-refractivity contribution in [2.75, 3.05) is 0 Å². The number of carboxylic acid groups (broad SMARTS) is 1. The maximum Gasteiger partial charge on any atom is 0.336 e. The number of benzene rings is 1. The van der Waals surface area contributed by atoms with E-state index in [1.165, 1.54) is 0 Å². The van der Waals surface area contributed by atoms with Crippen molar-refractivity contribution < 1.29 is 14.4 Å². The average Bonchev–Trinajstić information content (AvgIpc) is 2.58. The second-order valence-electron chi connectivity index (χ2n) is 3.55. The lowest BCUT2D eigenvalue weighted by Crippen LogP contribution is -1.99. The van der Waals surface area contributed by atoms with Gasteiger partial charge in [0, 0.05) is 11.1 Å². The lowest BCUT2D eigenvalue weighted by Gasteiger charge is -2.04. The van der Waals surface area contributed by atoms with Gasteiger partial charge in [-0.05, 0) is 19.9 Å². The monoisotopic (exact) mass is 217 g/mol. The second-order valence-corrected chi connectivity index (χ2v) is 3.55. The molecule has 0 amide bonds. The van der Waals surface area contributed by atoms with Gasteiger partial charge in [0.1, 0.15) is 5.76 Å². The van der Waals surface area contributed by atoms with Gasteiger partial charge >= 0.3 is 5.97 Å². The molecule has 0 aliphatic heterocycles. The highest BCUT2D eigenvalue weighted by atomic mass is 16.5. The zero-order chi connectivity index (χ0) is 11.7. The van der Waals surface area contributed by atoms with E-state index in [-0.39, 0.29) is 5.56 Å². The van der Waals surface area contributed by atoms with Crippen LogP contribution in [0, 0.1) is 13.8 Å². The molecule has 0 bridgehead atoms. The summed E-state index contributed by atoms with van der Waals surface area (Å²) in [6.45, 7) is 3.57. The van der Waals surface area contributed by atoms with Crippen LogP contribution < -0.4 is 0 Å². The molecular formula is C12H11NO3. The standard InChI is InChI=1S/C12H11NO3/c1-7-11(8(2)16-13-7)9-5-3-4-6-10(9)12(14)15/h3-6H,1-2H3,(H,14,15). The Balaban J connectivity index is 2.69. The minimum absolute atomic E-state index is 0.261. The first-order valence-electron chi connectivity index (χ1n) is 4.87. The first-order chi connectivity index (χ1) is 7.61. The topological polar surface area (TPSA) is 63.3 Å². The summed E-state index contributed by atoms with van der Waals surface area (Å²) in [7, 11) is 0. The van der Waals surface area contributed by atoms with Crippen molar-refractivity contribution in [3.63, 3.8) is 0 Å². The van der Waals surface area contributed by atoms with Crippen molar-refractivity contribution in [3.8, 4) is 11.1 Å². The Morgan fingerprint density at radius 3 is 2.56 bits per heavy atom. The molecule has 0 spiro atoms. The number of carbonyl (C=O) groups is 1. The number of hydrogen-bond donors (Lipinski definition) is 1. The summed E-state index contributed by atoms with van der Waals surface area (Å²) in [6, 6.07) is 6.83. The fourth-order valence-corrected chi connectivity index (χ4v) is 1.76. The fraction of sp³-hybridized carbons (Fsp3) is 0.167. The molecule has 2 aromatic rings. The van der Waals surface area contributed by atoms with Gasteiger partial charge < -0.3 is 9.63 Å². The van der Waals surface area contributed by atoms with E-state index in [1.54, 1.807) is 38.1 Å². The average molecular weight is 217 g/mol. The first kappa shape index (κ1) is 10.4. The molecule has 1 heterocycles. The number of rotatable bonds is 2. The Morgan fingerprint density at radius 1 is 1.31 bits per heavy atom. The van der Waals surface area contributed by atoms with Crippen LogP contribution in [-0.4, -0.2) is 16.2 Å². The fourth-order valence-electron chi connectivity index (χ4n) is 1.76. The molecule has 82 valence electrons. The number of aromatic nitrogens is 1. The van der Waals surface area contributed by atoms with Crippen LogP contribution in [0.1, 0.15) is 21.8 Å². The Morgan fingerprint density at radius 2 is 2.00 bits per heavy atom. The van der Waals surface area contributed by atoms with E-state index in [0.29, 0.717) is 17.0 Å². The Labute approximate surface area is 92.5 Å². The van der Waals surface area contributed by atoms with Gasteiger partial charge in [-0.3, -0.25) is 0 Å². The van der Waals surface area contributed by atoms with E-state index >= 15 is 0 Å². The van der Waals surface area contributed by atoms with Crippen LogP contribution in [-0.2, 0) is 0 Å². The smallest absolute Gasteiger partial charge is 0.336 e. The SMILES string of the molecule is Cc1noc(C)c1-c1ccccc1C(=O)O. The van der Waals surface area contributed by atoms with Gasteiger partial charge in [-0.15, -0.1) is 0 Å². The van der Waals surface area contributed by atoms with E-state index in [0.717, 1.165) is 5.56 Å². The van der Waals surface area contributed by atoms with Crippen molar-refractivity contribution in [3.05, 3.63) is 41.3 Å². The molecule has 0 atom stereocenters. The van der Waals surface area contributed by atoms with Gasteiger partial charge in [0.2, 0.25) is 0 Å². The molecule has 1 aromatic carbocycles. The van der Waals surface area contributed by atoms with Crippen LogP contribution in [0.25, 0.3) is 11.1 Å². The molecule has 4 nitrogen and oxygen atoms in total. The highest BCUT2D eigenvalue weighted by Crippen LogP contribution is 2.29. The minimum Gasteiger partial charge on any atom is -0.478 e.